The quantitative estimate of drug-likeness (QED) is 0.848. The van der Waals surface area contributed by atoms with E-state index in [-0.39, 0.29) is 23.5 Å². The summed E-state index contributed by atoms with van der Waals surface area (Å²) in [5.41, 5.74) is 1.38. The van der Waals surface area contributed by atoms with E-state index in [0.29, 0.717) is 11.4 Å². The molecule has 6 heteroatoms. The molecule has 0 spiro atoms. The smallest absolute Gasteiger partial charge is 0.277 e. The molecule has 1 amide bonds. The van der Waals surface area contributed by atoms with Crippen LogP contribution in [0, 0.1) is 0 Å². The number of aromatic hydroxyl groups is 1. The molecule has 0 bridgehead atoms. The van der Waals surface area contributed by atoms with Crippen LogP contribution in [-0.2, 0) is 16.8 Å². The molecule has 0 fully saturated rings. The van der Waals surface area contributed by atoms with Gasteiger partial charge in [-0.15, -0.1) is 0 Å². The van der Waals surface area contributed by atoms with Crippen LogP contribution in [0.1, 0.15) is 42.6 Å². The lowest BCUT2D eigenvalue weighted by molar-refractivity contribution is 0.101. The van der Waals surface area contributed by atoms with E-state index >= 15 is 0 Å². The van der Waals surface area contributed by atoms with Gasteiger partial charge >= 0.3 is 0 Å². The molecule has 0 radical (unpaired) electrons. The Morgan fingerprint density at radius 1 is 1.36 bits per heavy atom. The van der Waals surface area contributed by atoms with Crippen molar-refractivity contribution in [3.63, 3.8) is 0 Å². The first-order valence-electron chi connectivity index (χ1n) is 6.90. The van der Waals surface area contributed by atoms with Gasteiger partial charge in [0, 0.05) is 13.2 Å². The molecule has 0 saturated carbocycles. The third kappa shape index (κ3) is 3.65. The van der Waals surface area contributed by atoms with Gasteiger partial charge in [0.1, 0.15) is 12.4 Å². The number of phenols is 1. The fraction of sp³-hybridized carbons (Fsp3) is 0.375. The minimum absolute atomic E-state index is 0.00181. The Balaban J connectivity index is 2.20. The summed E-state index contributed by atoms with van der Waals surface area (Å²) in [5, 5.41) is 16.2. The molecule has 0 saturated heterocycles. The van der Waals surface area contributed by atoms with Crippen molar-refractivity contribution >= 4 is 11.6 Å². The van der Waals surface area contributed by atoms with E-state index in [2.05, 4.69) is 31.2 Å². The number of anilines is 1. The van der Waals surface area contributed by atoms with Gasteiger partial charge in [-0.3, -0.25) is 4.79 Å². The first kappa shape index (κ1) is 16.0. The zero-order chi connectivity index (χ0) is 16.3. The van der Waals surface area contributed by atoms with Gasteiger partial charge in [0.05, 0.1) is 5.69 Å². The first-order valence-corrected chi connectivity index (χ1v) is 6.90. The van der Waals surface area contributed by atoms with Gasteiger partial charge in [-0.2, -0.15) is 0 Å². The van der Waals surface area contributed by atoms with E-state index < -0.39 is 5.91 Å². The van der Waals surface area contributed by atoms with E-state index in [1.807, 2.05) is 6.07 Å². The van der Waals surface area contributed by atoms with E-state index in [0.717, 1.165) is 5.56 Å². The monoisotopic (exact) mass is 304 g/mol. The third-order valence-corrected chi connectivity index (χ3v) is 3.19. The highest BCUT2D eigenvalue weighted by Gasteiger charge is 2.18. The van der Waals surface area contributed by atoms with Crippen LogP contribution in [0.2, 0.25) is 0 Å². The van der Waals surface area contributed by atoms with Crippen molar-refractivity contribution in [2.45, 2.75) is 32.8 Å². The zero-order valence-electron chi connectivity index (χ0n) is 13.1. The number of methoxy groups -OCH3 is 1. The largest absolute Gasteiger partial charge is 0.506 e. The molecule has 2 N–H and O–H groups in total. The summed E-state index contributed by atoms with van der Waals surface area (Å²) in [6, 6.07) is 6.65. The Hall–Kier alpha value is -2.34. The predicted molar refractivity (Wildman–Crippen MR) is 82.0 cm³/mol. The number of carbonyl (C=O) groups excluding carboxylic acids is 1. The van der Waals surface area contributed by atoms with Gasteiger partial charge < -0.3 is 19.7 Å². The van der Waals surface area contributed by atoms with Gasteiger partial charge in [-0.1, -0.05) is 32.0 Å². The Morgan fingerprint density at radius 3 is 2.73 bits per heavy atom. The molecule has 0 aliphatic carbocycles. The fourth-order valence-electron chi connectivity index (χ4n) is 1.92. The number of rotatable bonds is 4. The number of aromatic nitrogens is 1. The topological polar surface area (TPSA) is 84.6 Å². The van der Waals surface area contributed by atoms with Gasteiger partial charge in [-0.25, -0.2) is 0 Å². The summed E-state index contributed by atoms with van der Waals surface area (Å²) in [5.74, 6) is 0.00902. The third-order valence-electron chi connectivity index (χ3n) is 3.19. The Kier molecular flexibility index (Phi) is 4.51. The van der Waals surface area contributed by atoms with Crippen LogP contribution in [0.25, 0.3) is 0 Å². The second-order valence-electron chi connectivity index (χ2n) is 6.05. The molecule has 22 heavy (non-hydrogen) atoms. The van der Waals surface area contributed by atoms with Crippen LogP contribution < -0.4 is 5.32 Å². The van der Waals surface area contributed by atoms with Gasteiger partial charge in [0.15, 0.2) is 11.5 Å². The van der Waals surface area contributed by atoms with Crippen LogP contribution >= 0.6 is 0 Å². The Labute approximate surface area is 129 Å². The van der Waals surface area contributed by atoms with Crippen LogP contribution in [0.5, 0.6) is 5.75 Å². The highest BCUT2D eigenvalue weighted by atomic mass is 16.5. The lowest BCUT2D eigenvalue weighted by Crippen LogP contribution is -2.15. The molecule has 2 rings (SSSR count). The van der Waals surface area contributed by atoms with Gasteiger partial charge in [-0.05, 0) is 23.1 Å². The number of hydrogen-bond donors (Lipinski definition) is 2. The number of ether oxygens (including phenoxy) is 1. The van der Waals surface area contributed by atoms with Crippen molar-refractivity contribution in [2.75, 3.05) is 12.4 Å². The SMILES string of the molecule is COCc1cc(C(=O)Nc2cc(C(C)(C)C)ccc2O)no1. The number of nitrogens with one attached hydrogen (secondary N) is 1. The summed E-state index contributed by atoms with van der Waals surface area (Å²) in [4.78, 5) is 12.2. The molecular weight excluding hydrogens is 284 g/mol. The second kappa shape index (κ2) is 6.19. The molecule has 2 aromatic rings. The van der Waals surface area contributed by atoms with Crippen molar-refractivity contribution in [3.05, 3.63) is 41.3 Å². The zero-order valence-corrected chi connectivity index (χ0v) is 13.1. The van der Waals surface area contributed by atoms with E-state index in [9.17, 15) is 9.90 Å². The summed E-state index contributed by atoms with van der Waals surface area (Å²) in [6.45, 7) is 6.41. The number of nitrogens with zero attached hydrogens (tertiary/aromatic N) is 1. The molecule has 1 aromatic carbocycles. The molecule has 0 aliphatic rings. The Bertz CT molecular complexity index is 671. The maximum atomic E-state index is 12.2. The number of amides is 1. The average molecular weight is 304 g/mol. The van der Waals surface area contributed by atoms with Crippen molar-refractivity contribution in [1.29, 1.82) is 0 Å². The molecule has 1 aromatic heterocycles. The molecule has 0 atom stereocenters. The molecule has 0 unspecified atom stereocenters. The fourth-order valence-corrected chi connectivity index (χ4v) is 1.92. The van der Waals surface area contributed by atoms with Crippen molar-refractivity contribution < 1.29 is 19.2 Å². The van der Waals surface area contributed by atoms with Crippen molar-refractivity contribution in [1.82, 2.24) is 5.16 Å². The summed E-state index contributed by atoms with van der Waals surface area (Å²) >= 11 is 0. The summed E-state index contributed by atoms with van der Waals surface area (Å²) in [7, 11) is 1.53. The molecule has 1 heterocycles. The van der Waals surface area contributed by atoms with Gasteiger partial charge in [0.25, 0.3) is 5.91 Å². The number of hydrogen-bond acceptors (Lipinski definition) is 5. The van der Waals surface area contributed by atoms with E-state index in [1.54, 1.807) is 12.1 Å². The van der Waals surface area contributed by atoms with Crippen molar-refractivity contribution in [3.8, 4) is 5.75 Å². The van der Waals surface area contributed by atoms with Crippen LogP contribution in [0.15, 0.2) is 28.8 Å². The number of phenolic OH excluding ortho intramolecular Hbond substituents is 1. The minimum atomic E-state index is -0.451. The van der Waals surface area contributed by atoms with Gasteiger partial charge in [0.2, 0.25) is 0 Å². The second-order valence-corrected chi connectivity index (χ2v) is 6.05. The molecular formula is C16H20N2O4. The maximum Gasteiger partial charge on any atom is 0.277 e. The van der Waals surface area contributed by atoms with E-state index in [1.165, 1.54) is 13.2 Å². The number of carbonyl (C=O) groups is 1. The molecule has 118 valence electrons. The van der Waals surface area contributed by atoms with Crippen molar-refractivity contribution in [2.24, 2.45) is 0 Å². The highest BCUT2D eigenvalue weighted by molar-refractivity contribution is 6.03. The van der Waals surface area contributed by atoms with Crippen LogP contribution in [0.3, 0.4) is 0 Å². The van der Waals surface area contributed by atoms with Crippen LogP contribution in [0.4, 0.5) is 5.69 Å². The highest BCUT2D eigenvalue weighted by Crippen LogP contribution is 2.30. The van der Waals surface area contributed by atoms with Crippen LogP contribution in [-0.4, -0.2) is 23.3 Å². The molecule has 0 aliphatic heterocycles. The first-order chi connectivity index (χ1) is 10.3. The van der Waals surface area contributed by atoms with E-state index in [4.69, 9.17) is 9.26 Å². The summed E-state index contributed by atoms with van der Waals surface area (Å²) < 4.78 is 9.88. The standard InChI is InChI=1S/C16H20N2O4/c1-16(2,3)10-5-6-14(19)12(7-10)17-15(20)13-8-11(9-21-4)22-18-13/h5-8,19H,9H2,1-4H3,(H,17,20). The molecule has 6 nitrogen and oxygen atoms in total. The predicted octanol–water partition coefficient (Wildman–Crippen LogP) is 3.08. The summed E-state index contributed by atoms with van der Waals surface area (Å²) in [6.07, 6.45) is 0. The average Bonchev–Trinajstić information content (AvgIpc) is 2.89. The lowest BCUT2D eigenvalue weighted by Gasteiger charge is -2.20. The number of benzene rings is 1. The minimum Gasteiger partial charge on any atom is -0.506 e. The normalized spacial score (nSPS) is 11.5. The lowest BCUT2D eigenvalue weighted by atomic mass is 9.87. The maximum absolute atomic E-state index is 12.2. The Morgan fingerprint density at radius 2 is 2.09 bits per heavy atom.